The molecule has 1 aromatic carbocycles. The summed E-state index contributed by atoms with van der Waals surface area (Å²) in [6, 6.07) is 2.06. The molecule has 0 atom stereocenters. The minimum absolute atomic E-state index is 0.167. The molecule has 2 rings (SSSR count). The summed E-state index contributed by atoms with van der Waals surface area (Å²) < 4.78 is 51.0. The first-order chi connectivity index (χ1) is 8.88. The molecule has 1 saturated carbocycles. The topological polar surface area (TPSA) is 17.1 Å². The molecular formula is C14H14F4O. The van der Waals surface area contributed by atoms with Crippen molar-refractivity contribution in [2.24, 2.45) is 5.92 Å². The zero-order chi connectivity index (χ0) is 14.0. The Morgan fingerprint density at radius 3 is 2.26 bits per heavy atom. The minimum Gasteiger partial charge on any atom is -0.294 e. The van der Waals surface area contributed by atoms with Gasteiger partial charge >= 0.3 is 6.18 Å². The summed E-state index contributed by atoms with van der Waals surface area (Å²) in [5.74, 6) is -1.66. The van der Waals surface area contributed by atoms with Gasteiger partial charge in [0.2, 0.25) is 0 Å². The molecule has 1 aromatic rings. The summed E-state index contributed by atoms with van der Waals surface area (Å²) in [4.78, 5) is 12.1. The van der Waals surface area contributed by atoms with Gasteiger partial charge < -0.3 is 0 Å². The van der Waals surface area contributed by atoms with Crippen molar-refractivity contribution >= 4 is 5.78 Å². The van der Waals surface area contributed by atoms with Crippen LogP contribution in [0, 0.1) is 11.7 Å². The normalized spacial score (nSPS) is 17.5. The first kappa shape index (κ1) is 14.0. The Kier molecular flexibility index (Phi) is 3.92. The van der Waals surface area contributed by atoms with Crippen LogP contribution < -0.4 is 0 Å². The molecule has 1 nitrogen and oxygen atoms in total. The molecule has 0 radical (unpaired) electrons. The molecular weight excluding hydrogens is 260 g/mol. The molecule has 0 amide bonds. The van der Waals surface area contributed by atoms with Crippen molar-refractivity contribution in [3.05, 3.63) is 35.1 Å². The first-order valence-electron chi connectivity index (χ1n) is 6.30. The molecule has 1 aliphatic rings. The highest BCUT2D eigenvalue weighted by Crippen LogP contribution is 2.32. The van der Waals surface area contributed by atoms with Crippen LogP contribution in [0.25, 0.3) is 0 Å². The third-order valence-electron chi connectivity index (χ3n) is 3.49. The van der Waals surface area contributed by atoms with Gasteiger partial charge in [0.15, 0.2) is 5.78 Å². The van der Waals surface area contributed by atoms with Crippen molar-refractivity contribution in [1.82, 2.24) is 0 Å². The molecule has 0 aromatic heterocycles. The highest BCUT2D eigenvalue weighted by atomic mass is 19.4. The number of hydrogen-bond donors (Lipinski definition) is 0. The molecule has 19 heavy (non-hydrogen) atoms. The molecule has 0 unspecified atom stereocenters. The fourth-order valence-corrected chi connectivity index (χ4v) is 2.50. The first-order valence-corrected chi connectivity index (χ1v) is 6.30. The summed E-state index contributed by atoms with van der Waals surface area (Å²) in [5, 5.41) is 0. The van der Waals surface area contributed by atoms with Crippen molar-refractivity contribution in [3.63, 3.8) is 0 Å². The van der Waals surface area contributed by atoms with E-state index in [-0.39, 0.29) is 17.3 Å². The third kappa shape index (κ3) is 3.33. The van der Waals surface area contributed by atoms with Gasteiger partial charge in [-0.2, -0.15) is 13.2 Å². The monoisotopic (exact) mass is 274 g/mol. The Labute approximate surface area is 108 Å². The van der Waals surface area contributed by atoms with Crippen molar-refractivity contribution < 1.29 is 22.4 Å². The lowest BCUT2D eigenvalue weighted by molar-refractivity contribution is -0.137. The van der Waals surface area contributed by atoms with Gasteiger partial charge in [-0.05, 0) is 31.0 Å². The second-order valence-electron chi connectivity index (χ2n) is 4.93. The number of carbonyl (C=O) groups is 1. The van der Waals surface area contributed by atoms with Crippen LogP contribution in [0.15, 0.2) is 18.2 Å². The van der Waals surface area contributed by atoms with Gasteiger partial charge in [-0.15, -0.1) is 0 Å². The number of halogens is 4. The van der Waals surface area contributed by atoms with Crippen LogP contribution in [0.2, 0.25) is 0 Å². The minimum atomic E-state index is -4.64. The van der Waals surface area contributed by atoms with Crippen LogP contribution in [-0.2, 0) is 6.18 Å². The van der Waals surface area contributed by atoms with Crippen molar-refractivity contribution in [3.8, 4) is 0 Å². The standard InChI is InChI=1S/C14H14F4O/c15-12-7-10(6-11(8-12)14(16,17)18)13(19)9-4-2-1-3-5-9/h6-9H,1-5H2. The van der Waals surface area contributed by atoms with Crippen LogP contribution in [0.1, 0.15) is 48.0 Å². The van der Waals surface area contributed by atoms with Crippen LogP contribution in [0.5, 0.6) is 0 Å². The van der Waals surface area contributed by atoms with Gasteiger partial charge in [-0.25, -0.2) is 4.39 Å². The van der Waals surface area contributed by atoms with Crippen molar-refractivity contribution in [2.45, 2.75) is 38.3 Å². The molecule has 0 spiro atoms. The zero-order valence-electron chi connectivity index (χ0n) is 10.3. The lowest BCUT2D eigenvalue weighted by atomic mass is 9.83. The molecule has 5 heteroatoms. The average molecular weight is 274 g/mol. The van der Waals surface area contributed by atoms with Crippen LogP contribution in [0.3, 0.4) is 0 Å². The molecule has 1 aliphatic carbocycles. The quantitative estimate of drug-likeness (QED) is 0.568. The predicted molar refractivity (Wildman–Crippen MR) is 62.3 cm³/mol. The predicted octanol–water partition coefficient (Wildman–Crippen LogP) is 4.61. The maximum atomic E-state index is 13.2. The van der Waals surface area contributed by atoms with Crippen molar-refractivity contribution in [1.29, 1.82) is 0 Å². The second kappa shape index (κ2) is 5.31. The zero-order valence-corrected chi connectivity index (χ0v) is 10.3. The molecule has 0 saturated heterocycles. The Morgan fingerprint density at radius 1 is 1.05 bits per heavy atom. The Morgan fingerprint density at radius 2 is 1.68 bits per heavy atom. The average Bonchev–Trinajstić information content (AvgIpc) is 2.37. The SMILES string of the molecule is O=C(c1cc(F)cc(C(F)(F)F)c1)C1CCCCC1. The van der Waals surface area contributed by atoms with E-state index in [2.05, 4.69) is 0 Å². The smallest absolute Gasteiger partial charge is 0.294 e. The highest BCUT2D eigenvalue weighted by Gasteiger charge is 2.32. The fourth-order valence-electron chi connectivity index (χ4n) is 2.50. The van der Waals surface area contributed by atoms with Crippen molar-refractivity contribution in [2.75, 3.05) is 0 Å². The summed E-state index contributed by atoms with van der Waals surface area (Å²) >= 11 is 0. The number of benzene rings is 1. The summed E-state index contributed by atoms with van der Waals surface area (Å²) in [6.07, 6.45) is -0.437. The maximum Gasteiger partial charge on any atom is 0.416 e. The number of rotatable bonds is 2. The van der Waals surface area contributed by atoms with Crippen LogP contribution in [0.4, 0.5) is 17.6 Å². The lowest BCUT2D eigenvalue weighted by Crippen LogP contribution is -2.19. The Hall–Kier alpha value is -1.39. The number of hydrogen-bond acceptors (Lipinski definition) is 1. The Balaban J connectivity index is 2.28. The number of Topliss-reactive ketones (excluding diaryl/α,β-unsaturated/α-hetero) is 1. The molecule has 0 N–H and O–H groups in total. The van der Waals surface area contributed by atoms with E-state index in [1.54, 1.807) is 0 Å². The third-order valence-corrected chi connectivity index (χ3v) is 3.49. The van der Waals surface area contributed by atoms with Gasteiger partial charge in [-0.1, -0.05) is 19.3 Å². The number of alkyl halides is 3. The maximum absolute atomic E-state index is 13.2. The van der Waals surface area contributed by atoms with E-state index in [9.17, 15) is 22.4 Å². The van der Waals surface area contributed by atoms with Gasteiger partial charge in [0.05, 0.1) is 5.56 Å². The summed E-state index contributed by atoms with van der Waals surface area (Å²) in [6.45, 7) is 0. The van der Waals surface area contributed by atoms with Crippen LogP contribution >= 0.6 is 0 Å². The lowest BCUT2D eigenvalue weighted by Gasteiger charge is -2.20. The van der Waals surface area contributed by atoms with Gasteiger partial charge in [0, 0.05) is 11.5 Å². The fraction of sp³-hybridized carbons (Fsp3) is 0.500. The van der Waals surface area contributed by atoms with Gasteiger partial charge in [-0.3, -0.25) is 4.79 Å². The van der Waals surface area contributed by atoms with Crippen LogP contribution in [-0.4, -0.2) is 5.78 Å². The van der Waals surface area contributed by atoms with E-state index in [1.165, 1.54) is 0 Å². The van der Waals surface area contributed by atoms with E-state index < -0.39 is 17.6 Å². The van der Waals surface area contributed by atoms with E-state index in [0.717, 1.165) is 31.4 Å². The number of carbonyl (C=O) groups excluding carboxylic acids is 1. The Bertz CT molecular complexity index is 473. The van der Waals surface area contributed by atoms with Gasteiger partial charge in [0.25, 0.3) is 0 Å². The summed E-state index contributed by atoms with van der Waals surface area (Å²) in [5.41, 5.74) is -1.27. The summed E-state index contributed by atoms with van der Waals surface area (Å²) in [7, 11) is 0. The largest absolute Gasteiger partial charge is 0.416 e. The second-order valence-corrected chi connectivity index (χ2v) is 4.93. The molecule has 1 fully saturated rings. The molecule has 104 valence electrons. The van der Waals surface area contributed by atoms with Gasteiger partial charge in [0.1, 0.15) is 5.82 Å². The van der Waals surface area contributed by atoms with E-state index in [4.69, 9.17) is 0 Å². The molecule has 0 heterocycles. The molecule has 0 bridgehead atoms. The van der Waals surface area contributed by atoms with E-state index in [1.807, 2.05) is 0 Å². The van der Waals surface area contributed by atoms with E-state index >= 15 is 0 Å². The number of ketones is 1. The highest BCUT2D eigenvalue weighted by molar-refractivity contribution is 5.98. The van der Waals surface area contributed by atoms with E-state index in [0.29, 0.717) is 18.9 Å². The molecule has 0 aliphatic heterocycles.